The summed E-state index contributed by atoms with van der Waals surface area (Å²) in [6.07, 6.45) is 2.31. The van der Waals surface area contributed by atoms with Crippen molar-refractivity contribution < 1.29 is 9.53 Å². The normalized spacial score (nSPS) is 10.7. The third-order valence-electron chi connectivity index (χ3n) is 2.72. The average Bonchev–Trinajstić information content (AvgIpc) is 2.84. The number of thiazole rings is 1. The average molecular weight is 310 g/mol. The number of ether oxygens (including phenoxy) is 1. The van der Waals surface area contributed by atoms with Gasteiger partial charge in [-0.15, -0.1) is 0 Å². The van der Waals surface area contributed by atoms with Gasteiger partial charge in [0.25, 0.3) is 0 Å². The Morgan fingerprint density at radius 1 is 1.50 bits per heavy atom. The fourth-order valence-corrected chi connectivity index (χ4v) is 3.46. The first-order chi connectivity index (χ1) is 9.72. The number of nitrogens with zero attached hydrogens (tertiary/aromatic N) is 1. The number of amides is 1. The van der Waals surface area contributed by atoms with Crippen molar-refractivity contribution in [1.29, 1.82) is 0 Å². The Balaban J connectivity index is 1.94. The van der Waals surface area contributed by atoms with Gasteiger partial charge < -0.3 is 10.1 Å². The molecule has 0 bridgehead atoms. The molecule has 1 amide bonds. The number of rotatable bonds is 7. The molecule has 1 aromatic carbocycles. The third-order valence-corrected chi connectivity index (χ3v) is 4.69. The van der Waals surface area contributed by atoms with Crippen LogP contribution in [0.2, 0.25) is 0 Å². The van der Waals surface area contributed by atoms with Gasteiger partial charge in [-0.1, -0.05) is 24.7 Å². The summed E-state index contributed by atoms with van der Waals surface area (Å²) in [6, 6.07) is 5.70. The van der Waals surface area contributed by atoms with E-state index in [1.165, 1.54) is 11.3 Å². The molecule has 0 saturated heterocycles. The Bertz CT molecular complexity index is 584. The van der Waals surface area contributed by atoms with Gasteiger partial charge >= 0.3 is 0 Å². The van der Waals surface area contributed by atoms with E-state index in [2.05, 4.69) is 17.2 Å². The summed E-state index contributed by atoms with van der Waals surface area (Å²) < 4.78 is 6.19. The van der Waals surface area contributed by atoms with E-state index >= 15 is 0 Å². The van der Waals surface area contributed by atoms with Gasteiger partial charge in [-0.2, -0.15) is 11.8 Å². The monoisotopic (exact) mass is 310 g/mol. The van der Waals surface area contributed by atoms with Crippen LogP contribution in [0.1, 0.15) is 19.8 Å². The fourth-order valence-electron chi connectivity index (χ4n) is 1.65. The van der Waals surface area contributed by atoms with E-state index in [1.807, 2.05) is 18.2 Å². The first-order valence-corrected chi connectivity index (χ1v) is 8.52. The number of carbonyl (C=O) groups excluding carboxylic acids is 1. The van der Waals surface area contributed by atoms with Gasteiger partial charge in [0.2, 0.25) is 5.91 Å². The molecule has 0 radical (unpaired) electrons. The lowest BCUT2D eigenvalue weighted by Gasteiger charge is -2.00. The van der Waals surface area contributed by atoms with Crippen molar-refractivity contribution >= 4 is 44.4 Å². The number of aromatic nitrogens is 1. The number of carbonyl (C=O) groups is 1. The van der Waals surface area contributed by atoms with Crippen molar-refractivity contribution in [2.24, 2.45) is 0 Å². The van der Waals surface area contributed by atoms with Gasteiger partial charge in [0.1, 0.15) is 5.75 Å². The van der Waals surface area contributed by atoms with Crippen molar-refractivity contribution in [2.45, 2.75) is 19.8 Å². The molecule has 0 aliphatic heterocycles. The molecular weight excluding hydrogens is 292 g/mol. The van der Waals surface area contributed by atoms with Crippen LogP contribution in [0.25, 0.3) is 10.2 Å². The number of methoxy groups -OCH3 is 1. The predicted molar refractivity (Wildman–Crippen MR) is 87.0 cm³/mol. The Hall–Kier alpha value is -1.27. The highest BCUT2D eigenvalue weighted by molar-refractivity contribution is 7.99. The zero-order valence-electron chi connectivity index (χ0n) is 11.6. The fraction of sp³-hybridized carbons (Fsp3) is 0.429. The van der Waals surface area contributed by atoms with Crippen LogP contribution in [0, 0.1) is 0 Å². The van der Waals surface area contributed by atoms with Crippen LogP contribution >= 0.6 is 23.1 Å². The Morgan fingerprint density at radius 3 is 3.10 bits per heavy atom. The molecule has 0 aliphatic rings. The first-order valence-electron chi connectivity index (χ1n) is 6.55. The molecule has 1 aromatic heterocycles. The summed E-state index contributed by atoms with van der Waals surface area (Å²) >= 11 is 3.13. The largest absolute Gasteiger partial charge is 0.497 e. The highest BCUT2D eigenvalue weighted by Gasteiger charge is 2.08. The highest BCUT2D eigenvalue weighted by atomic mass is 32.2. The molecule has 0 fully saturated rings. The molecule has 108 valence electrons. The molecule has 1 N–H and O–H groups in total. The lowest BCUT2D eigenvalue weighted by Crippen LogP contribution is -2.14. The molecular formula is C14H18N2O2S2. The molecule has 20 heavy (non-hydrogen) atoms. The minimum Gasteiger partial charge on any atom is -0.497 e. The third kappa shape index (κ3) is 4.11. The van der Waals surface area contributed by atoms with E-state index in [9.17, 15) is 4.79 Å². The number of benzene rings is 1. The van der Waals surface area contributed by atoms with Gasteiger partial charge in [0.05, 0.1) is 23.1 Å². The van der Waals surface area contributed by atoms with Crippen molar-refractivity contribution in [3.05, 3.63) is 18.2 Å². The van der Waals surface area contributed by atoms with Crippen molar-refractivity contribution in [3.8, 4) is 5.75 Å². The van der Waals surface area contributed by atoms with Gasteiger partial charge in [-0.25, -0.2) is 4.98 Å². The second-order valence-electron chi connectivity index (χ2n) is 4.31. The zero-order valence-corrected chi connectivity index (χ0v) is 13.3. The molecule has 4 nitrogen and oxygen atoms in total. The summed E-state index contributed by atoms with van der Waals surface area (Å²) in [6.45, 7) is 2.15. The Kier molecular flexibility index (Phi) is 5.67. The van der Waals surface area contributed by atoms with E-state index in [0.717, 1.165) is 34.6 Å². The minimum absolute atomic E-state index is 0.0112. The lowest BCUT2D eigenvalue weighted by molar-refractivity contribution is -0.113. The number of unbranched alkanes of at least 4 members (excludes halogenated alkanes) is 1. The van der Waals surface area contributed by atoms with E-state index < -0.39 is 0 Å². The summed E-state index contributed by atoms with van der Waals surface area (Å²) in [4.78, 5) is 16.2. The smallest absolute Gasteiger partial charge is 0.236 e. The minimum atomic E-state index is 0.0112. The molecule has 2 aromatic rings. The second-order valence-corrected chi connectivity index (χ2v) is 6.44. The predicted octanol–water partition coefficient (Wildman–Crippen LogP) is 3.78. The maximum absolute atomic E-state index is 11.8. The first kappa shape index (κ1) is 15.1. The molecule has 0 atom stereocenters. The van der Waals surface area contributed by atoms with Gasteiger partial charge in [-0.3, -0.25) is 4.79 Å². The van der Waals surface area contributed by atoms with Crippen LogP contribution in [0.3, 0.4) is 0 Å². The summed E-state index contributed by atoms with van der Waals surface area (Å²) in [5.74, 6) is 2.33. The summed E-state index contributed by atoms with van der Waals surface area (Å²) in [5, 5.41) is 3.50. The number of anilines is 1. The maximum atomic E-state index is 11.8. The number of hydrogen-bond acceptors (Lipinski definition) is 5. The Morgan fingerprint density at radius 2 is 2.35 bits per heavy atom. The van der Waals surface area contributed by atoms with Crippen molar-refractivity contribution in [3.63, 3.8) is 0 Å². The topological polar surface area (TPSA) is 51.2 Å². The van der Waals surface area contributed by atoms with Crippen LogP contribution in [0.4, 0.5) is 5.13 Å². The molecule has 0 spiro atoms. The number of fused-ring (bicyclic) bond motifs is 1. The standard InChI is InChI=1S/C14H18N2O2S2/c1-3-4-7-19-9-13(17)16-14-15-11-6-5-10(18-2)8-12(11)20-14/h5-6,8H,3-4,7,9H2,1-2H3,(H,15,16,17). The molecule has 2 rings (SSSR count). The quantitative estimate of drug-likeness (QED) is 0.791. The van der Waals surface area contributed by atoms with Crippen LogP contribution in [-0.4, -0.2) is 29.5 Å². The van der Waals surface area contributed by atoms with Gasteiger partial charge in [0, 0.05) is 0 Å². The van der Waals surface area contributed by atoms with Gasteiger partial charge in [-0.05, 0) is 30.4 Å². The zero-order chi connectivity index (χ0) is 14.4. The summed E-state index contributed by atoms with van der Waals surface area (Å²) in [7, 11) is 1.64. The van der Waals surface area contributed by atoms with E-state index in [4.69, 9.17) is 4.74 Å². The van der Waals surface area contributed by atoms with E-state index in [-0.39, 0.29) is 5.91 Å². The molecule has 0 aliphatic carbocycles. The van der Waals surface area contributed by atoms with E-state index in [0.29, 0.717) is 10.9 Å². The van der Waals surface area contributed by atoms with Crippen LogP contribution < -0.4 is 10.1 Å². The molecule has 1 heterocycles. The maximum Gasteiger partial charge on any atom is 0.236 e. The molecule has 0 saturated carbocycles. The number of nitrogens with one attached hydrogen (secondary N) is 1. The van der Waals surface area contributed by atoms with E-state index in [1.54, 1.807) is 18.9 Å². The second kappa shape index (κ2) is 7.50. The van der Waals surface area contributed by atoms with Crippen LogP contribution in [0.5, 0.6) is 5.75 Å². The molecule has 0 unspecified atom stereocenters. The highest BCUT2D eigenvalue weighted by Crippen LogP contribution is 2.29. The number of hydrogen-bond donors (Lipinski definition) is 1. The number of thioether (sulfide) groups is 1. The van der Waals surface area contributed by atoms with Crippen molar-refractivity contribution in [1.82, 2.24) is 4.98 Å². The lowest BCUT2D eigenvalue weighted by atomic mass is 10.3. The summed E-state index contributed by atoms with van der Waals surface area (Å²) in [5.41, 5.74) is 0.879. The van der Waals surface area contributed by atoms with Gasteiger partial charge in [0.15, 0.2) is 5.13 Å². The van der Waals surface area contributed by atoms with Crippen molar-refractivity contribution in [2.75, 3.05) is 23.9 Å². The Labute approximate surface area is 126 Å². The van der Waals surface area contributed by atoms with Crippen LogP contribution in [-0.2, 0) is 4.79 Å². The SMILES string of the molecule is CCCCSCC(=O)Nc1nc2ccc(OC)cc2s1. The van der Waals surface area contributed by atoms with Crippen LogP contribution in [0.15, 0.2) is 18.2 Å². The molecule has 6 heteroatoms.